The van der Waals surface area contributed by atoms with E-state index in [1.807, 2.05) is 36.4 Å². The maximum atomic E-state index is 4.78. The monoisotopic (exact) mass is 339 g/mol. The second-order valence-corrected chi connectivity index (χ2v) is 6.89. The zero-order valence-electron chi connectivity index (χ0n) is 15.0. The smallest absolute Gasteiger partial charge is 0.137 e. The highest BCUT2D eigenvalue weighted by atomic mass is 15.0. The van der Waals surface area contributed by atoms with E-state index >= 15 is 0 Å². The Kier molecular flexibility index (Phi) is 4.13. The fourth-order valence-corrected chi connectivity index (χ4v) is 3.15. The van der Waals surface area contributed by atoms with Crippen molar-refractivity contribution in [3.8, 4) is 17.2 Å². The third-order valence-corrected chi connectivity index (χ3v) is 4.84. The lowest BCUT2D eigenvalue weighted by atomic mass is 9.79. The van der Waals surface area contributed by atoms with Crippen LogP contribution >= 0.6 is 0 Å². The van der Waals surface area contributed by atoms with Crippen LogP contribution in [0.15, 0.2) is 91.4 Å². The van der Waals surface area contributed by atoms with Crippen LogP contribution in [0.2, 0.25) is 0 Å². The van der Waals surface area contributed by atoms with Crippen molar-refractivity contribution in [2.24, 2.45) is 0 Å². The average molecular weight is 339 g/mol. The van der Waals surface area contributed by atoms with Crippen LogP contribution in [0.25, 0.3) is 17.2 Å². The summed E-state index contributed by atoms with van der Waals surface area (Å²) in [6.07, 6.45) is 6.03. The molecule has 0 aliphatic rings. The molecule has 0 radical (unpaired) electrons. The maximum absolute atomic E-state index is 4.78. The first kappa shape index (κ1) is 16.3. The molecule has 0 atom stereocenters. The van der Waals surface area contributed by atoms with E-state index in [2.05, 4.69) is 72.2 Å². The van der Waals surface area contributed by atoms with Gasteiger partial charge in [-0.2, -0.15) is 0 Å². The minimum absolute atomic E-state index is 0.0644. The van der Waals surface area contributed by atoms with Crippen molar-refractivity contribution >= 4 is 0 Å². The topological polar surface area (TPSA) is 30.7 Å². The molecule has 128 valence electrons. The normalized spacial score (nSPS) is 11.5. The zero-order chi connectivity index (χ0) is 18.0. The lowest BCUT2D eigenvalue weighted by Crippen LogP contribution is -2.17. The van der Waals surface area contributed by atoms with Gasteiger partial charge in [-0.25, -0.2) is 4.98 Å². The van der Waals surface area contributed by atoms with Crippen molar-refractivity contribution in [1.82, 2.24) is 14.5 Å². The molecule has 0 aliphatic heterocycles. The number of pyridine rings is 2. The van der Waals surface area contributed by atoms with Gasteiger partial charge in [0.05, 0.1) is 11.4 Å². The standard InChI is InChI=1S/C23H21N3/c1-23(2,18-9-4-3-5-10-18)19-14-16-26(17-19)22-13-8-12-21(25-22)20-11-6-7-15-24-20/h3-17H,1-2H3. The van der Waals surface area contributed by atoms with E-state index in [0.717, 1.165) is 17.2 Å². The van der Waals surface area contributed by atoms with E-state index in [0.29, 0.717) is 0 Å². The SMILES string of the molecule is CC(C)(c1ccccc1)c1ccn(-c2cccc(-c3ccccn3)n2)c1. The van der Waals surface area contributed by atoms with Crippen LogP contribution in [0.4, 0.5) is 0 Å². The van der Waals surface area contributed by atoms with Crippen LogP contribution in [-0.2, 0) is 5.41 Å². The van der Waals surface area contributed by atoms with Gasteiger partial charge in [0.15, 0.2) is 0 Å². The number of aromatic nitrogens is 3. The summed E-state index contributed by atoms with van der Waals surface area (Å²) in [5.74, 6) is 0.892. The molecule has 1 aromatic carbocycles. The molecule has 3 heteroatoms. The van der Waals surface area contributed by atoms with Crippen molar-refractivity contribution in [2.75, 3.05) is 0 Å². The Hall–Kier alpha value is -3.20. The molecular formula is C23H21N3. The van der Waals surface area contributed by atoms with Gasteiger partial charge in [-0.1, -0.05) is 56.3 Å². The summed E-state index contributed by atoms with van der Waals surface area (Å²) in [4.78, 5) is 9.18. The molecule has 3 nitrogen and oxygen atoms in total. The summed E-state index contributed by atoms with van der Waals surface area (Å²) in [5, 5.41) is 0. The second kappa shape index (κ2) is 6.60. The summed E-state index contributed by atoms with van der Waals surface area (Å²) >= 11 is 0. The Balaban J connectivity index is 1.69. The number of rotatable bonds is 4. The average Bonchev–Trinajstić information content (AvgIpc) is 3.21. The molecule has 0 saturated carbocycles. The van der Waals surface area contributed by atoms with Gasteiger partial charge in [0.25, 0.3) is 0 Å². The predicted octanol–water partition coefficient (Wildman–Crippen LogP) is 5.26. The molecule has 0 saturated heterocycles. The van der Waals surface area contributed by atoms with Crippen molar-refractivity contribution in [3.63, 3.8) is 0 Å². The number of benzene rings is 1. The first-order valence-corrected chi connectivity index (χ1v) is 8.77. The van der Waals surface area contributed by atoms with Crippen molar-refractivity contribution in [3.05, 3.63) is 103 Å². The van der Waals surface area contributed by atoms with E-state index in [-0.39, 0.29) is 5.41 Å². The van der Waals surface area contributed by atoms with E-state index in [1.165, 1.54) is 11.1 Å². The van der Waals surface area contributed by atoms with Gasteiger partial charge in [-0.15, -0.1) is 0 Å². The van der Waals surface area contributed by atoms with Gasteiger partial charge < -0.3 is 4.57 Å². The van der Waals surface area contributed by atoms with Crippen molar-refractivity contribution in [2.45, 2.75) is 19.3 Å². The van der Waals surface area contributed by atoms with Crippen LogP contribution < -0.4 is 0 Å². The Morgan fingerprint density at radius 2 is 1.50 bits per heavy atom. The fourth-order valence-electron chi connectivity index (χ4n) is 3.15. The van der Waals surface area contributed by atoms with Crippen LogP contribution in [-0.4, -0.2) is 14.5 Å². The quantitative estimate of drug-likeness (QED) is 0.508. The summed E-state index contributed by atoms with van der Waals surface area (Å²) in [6, 6.07) is 24.7. The Bertz CT molecular complexity index is 1000. The molecule has 4 aromatic rings. The van der Waals surface area contributed by atoms with Crippen LogP contribution in [0.5, 0.6) is 0 Å². The minimum Gasteiger partial charge on any atom is -0.308 e. The Morgan fingerprint density at radius 3 is 2.27 bits per heavy atom. The Morgan fingerprint density at radius 1 is 0.731 bits per heavy atom. The summed E-state index contributed by atoms with van der Waals surface area (Å²) in [6.45, 7) is 4.50. The zero-order valence-corrected chi connectivity index (χ0v) is 15.0. The second-order valence-electron chi connectivity index (χ2n) is 6.89. The number of nitrogens with zero attached hydrogens (tertiary/aromatic N) is 3. The molecular weight excluding hydrogens is 318 g/mol. The van der Waals surface area contributed by atoms with Gasteiger partial charge in [0.2, 0.25) is 0 Å². The highest BCUT2D eigenvalue weighted by Crippen LogP contribution is 2.32. The van der Waals surface area contributed by atoms with Crippen molar-refractivity contribution in [1.29, 1.82) is 0 Å². The van der Waals surface area contributed by atoms with Crippen LogP contribution in [0, 0.1) is 0 Å². The summed E-state index contributed by atoms with van der Waals surface area (Å²) in [5.41, 5.74) is 4.25. The first-order chi connectivity index (χ1) is 12.6. The lowest BCUT2D eigenvalue weighted by Gasteiger charge is -2.24. The molecule has 4 rings (SSSR count). The molecule has 0 spiro atoms. The Labute approximate surface area is 154 Å². The highest BCUT2D eigenvalue weighted by molar-refractivity contribution is 5.55. The molecule has 0 aliphatic carbocycles. The molecule has 3 aromatic heterocycles. The number of hydrogen-bond acceptors (Lipinski definition) is 2. The van der Waals surface area contributed by atoms with Crippen molar-refractivity contribution < 1.29 is 0 Å². The highest BCUT2D eigenvalue weighted by Gasteiger charge is 2.24. The molecule has 0 N–H and O–H groups in total. The van der Waals surface area contributed by atoms with Crippen LogP contribution in [0.1, 0.15) is 25.0 Å². The van der Waals surface area contributed by atoms with Gasteiger partial charge >= 0.3 is 0 Å². The largest absolute Gasteiger partial charge is 0.308 e. The first-order valence-electron chi connectivity index (χ1n) is 8.77. The molecule has 26 heavy (non-hydrogen) atoms. The van der Waals surface area contributed by atoms with E-state index in [9.17, 15) is 0 Å². The van der Waals surface area contributed by atoms with Gasteiger partial charge in [0, 0.05) is 24.0 Å². The fraction of sp³-hybridized carbons (Fsp3) is 0.130. The lowest BCUT2D eigenvalue weighted by molar-refractivity contribution is 0.640. The third-order valence-electron chi connectivity index (χ3n) is 4.84. The van der Waals surface area contributed by atoms with Gasteiger partial charge in [-0.05, 0) is 41.5 Å². The molecule has 0 bridgehead atoms. The maximum Gasteiger partial charge on any atom is 0.137 e. The van der Waals surface area contributed by atoms with Gasteiger partial charge in [-0.3, -0.25) is 4.98 Å². The molecule has 0 unspecified atom stereocenters. The van der Waals surface area contributed by atoms with Crippen LogP contribution in [0.3, 0.4) is 0 Å². The molecule has 0 amide bonds. The minimum atomic E-state index is -0.0644. The van der Waals surface area contributed by atoms with E-state index in [4.69, 9.17) is 4.98 Å². The van der Waals surface area contributed by atoms with Gasteiger partial charge in [0.1, 0.15) is 5.82 Å². The predicted molar refractivity (Wildman–Crippen MR) is 105 cm³/mol. The summed E-state index contributed by atoms with van der Waals surface area (Å²) < 4.78 is 2.08. The molecule has 3 heterocycles. The van der Waals surface area contributed by atoms with E-state index in [1.54, 1.807) is 6.20 Å². The summed E-state index contributed by atoms with van der Waals surface area (Å²) in [7, 11) is 0. The van der Waals surface area contributed by atoms with E-state index < -0.39 is 0 Å². The number of hydrogen-bond donors (Lipinski definition) is 0. The molecule has 0 fully saturated rings. The third kappa shape index (κ3) is 3.04.